The Morgan fingerprint density at radius 2 is 2.24 bits per heavy atom. The Balaban J connectivity index is 2.20. The number of rotatable bonds is 3. The first-order valence-electron chi connectivity index (χ1n) is 5.83. The van der Waals surface area contributed by atoms with Crippen LogP contribution in [0.5, 0.6) is 5.75 Å². The van der Waals surface area contributed by atoms with Gasteiger partial charge < -0.3 is 15.2 Å². The van der Waals surface area contributed by atoms with Crippen LogP contribution in [0.25, 0.3) is 0 Å². The molecule has 1 atom stereocenters. The molecular weight excluding hydrogens is 218 g/mol. The van der Waals surface area contributed by atoms with Gasteiger partial charge in [-0.05, 0) is 38.4 Å². The molecule has 0 saturated carbocycles. The molecular formula is C13H17NO3. The monoisotopic (exact) mass is 235 g/mol. The second-order valence-electron chi connectivity index (χ2n) is 4.63. The van der Waals surface area contributed by atoms with Crippen LogP contribution in [0.15, 0.2) is 24.3 Å². The summed E-state index contributed by atoms with van der Waals surface area (Å²) < 4.78 is 5.89. The molecule has 1 unspecified atom stereocenters. The molecule has 17 heavy (non-hydrogen) atoms. The first-order valence-corrected chi connectivity index (χ1v) is 5.83. The zero-order valence-electron chi connectivity index (χ0n) is 9.90. The number of aromatic carboxylic acids is 1. The van der Waals surface area contributed by atoms with Crippen molar-refractivity contribution in [3.05, 3.63) is 29.8 Å². The molecule has 1 aliphatic rings. The molecule has 1 heterocycles. The smallest absolute Gasteiger partial charge is 0.339 e. The highest BCUT2D eigenvalue weighted by Gasteiger charge is 2.29. The maximum Gasteiger partial charge on any atom is 0.339 e. The molecule has 0 amide bonds. The molecule has 0 bridgehead atoms. The number of ether oxygens (including phenoxy) is 1. The molecule has 0 radical (unpaired) electrons. The van der Waals surface area contributed by atoms with Crippen molar-refractivity contribution in [3.63, 3.8) is 0 Å². The van der Waals surface area contributed by atoms with Gasteiger partial charge in [0.15, 0.2) is 0 Å². The maximum absolute atomic E-state index is 11.1. The van der Waals surface area contributed by atoms with E-state index in [2.05, 4.69) is 5.32 Å². The molecule has 0 aliphatic carbocycles. The Morgan fingerprint density at radius 1 is 1.47 bits per heavy atom. The zero-order valence-corrected chi connectivity index (χ0v) is 9.90. The van der Waals surface area contributed by atoms with Crippen LogP contribution in [0.4, 0.5) is 0 Å². The second kappa shape index (κ2) is 4.75. The summed E-state index contributed by atoms with van der Waals surface area (Å²) in [5.74, 6) is -0.501. The second-order valence-corrected chi connectivity index (χ2v) is 4.63. The topological polar surface area (TPSA) is 58.6 Å². The summed E-state index contributed by atoms with van der Waals surface area (Å²) in [6.45, 7) is 3.76. The van der Waals surface area contributed by atoms with E-state index in [9.17, 15) is 4.79 Å². The third-order valence-electron chi connectivity index (χ3n) is 3.03. The average molecular weight is 235 g/mol. The van der Waals surface area contributed by atoms with Crippen LogP contribution in [0.3, 0.4) is 0 Å². The van der Waals surface area contributed by atoms with Crippen LogP contribution in [-0.2, 0) is 0 Å². The van der Waals surface area contributed by atoms with Crippen molar-refractivity contribution in [2.45, 2.75) is 25.4 Å². The van der Waals surface area contributed by atoms with Crippen LogP contribution in [0, 0.1) is 0 Å². The van der Waals surface area contributed by atoms with E-state index in [1.54, 1.807) is 24.3 Å². The highest BCUT2D eigenvalue weighted by molar-refractivity contribution is 5.90. The van der Waals surface area contributed by atoms with Crippen LogP contribution in [-0.4, -0.2) is 29.8 Å². The van der Waals surface area contributed by atoms with Crippen LogP contribution in [0.2, 0.25) is 0 Å². The summed E-state index contributed by atoms with van der Waals surface area (Å²) in [4.78, 5) is 11.1. The normalized spacial score (nSPS) is 24.3. The SMILES string of the molecule is CC1(Oc2ccccc2C(=O)O)CCCNC1. The predicted molar refractivity (Wildman–Crippen MR) is 64.5 cm³/mol. The first-order chi connectivity index (χ1) is 8.11. The van der Waals surface area contributed by atoms with Crippen LogP contribution >= 0.6 is 0 Å². The number of nitrogens with one attached hydrogen (secondary N) is 1. The Morgan fingerprint density at radius 3 is 2.88 bits per heavy atom. The number of hydrogen-bond acceptors (Lipinski definition) is 3. The molecule has 92 valence electrons. The lowest BCUT2D eigenvalue weighted by Crippen LogP contribution is -2.47. The number of carboxylic acid groups (broad SMARTS) is 1. The van der Waals surface area contributed by atoms with Gasteiger partial charge in [0.05, 0.1) is 0 Å². The minimum Gasteiger partial charge on any atom is -0.485 e. The highest BCUT2D eigenvalue weighted by Crippen LogP contribution is 2.27. The molecule has 4 nitrogen and oxygen atoms in total. The van der Waals surface area contributed by atoms with Gasteiger partial charge in [-0.1, -0.05) is 12.1 Å². The van der Waals surface area contributed by atoms with E-state index in [1.807, 2.05) is 6.92 Å². The lowest BCUT2D eigenvalue weighted by atomic mass is 9.96. The third-order valence-corrected chi connectivity index (χ3v) is 3.03. The van der Waals surface area contributed by atoms with Crippen molar-refractivity contribution in [2.24, 2.45) is 0 Å². The van der Waals surface area contributed by atoms with E-state index in [4.69, 9.17) is 9.84 Å². The number of carboxylic acids is 1. The Bertz CT molecular complexity index is 411. The number of para-hydroxylation sites is 1. The van der Waals surface area contributed by atoms with Crippen LogP contribution < -0.4 is 10.1 Å². The Kier molecular flexibility index (Phi) is 3.33. The van der Waals surface area contributed by atoms with Gasteiger partial charge in [0.2, 0.25) is 0 Å². The van der Waals surface area contributed by atoms with E-state index >= 15 is 0 Å². The number of piperidine rings is 1. The molecule has 2 N–H and O–H groups in total. The van der Waals surface area contributed by atoms with Gasteiger partial charge in [0, 0.05) is 6.54 Å². The van der Waals surface area contributed by atoms with Crippen molar-refractivity contribution in [2.75, 3.05) is 13.1 Å². The molecule has 2 rings (SSSR count). The van der Waals surface area contributed by atoms with Crippen molar-refractivity contribution in [1.29, 1.82) is 0 Å². The van der Waals surface area contributed by atoms with Crippen LogP contribution in [0.1, 0.15) is 30.1 Å². The van der Waals surface area contributed by atoms with Gasteiger partial charge in [-0.15, -0.1) is 0 Å². The average Bonchev–Trinajstić information content (AvgIpc) is 2.29. The summed E-state index contributed by atoms with van der Waals surface area (Å²) in [5, 5.41) is 12.4. The highest BCUT2D eigenvalue weighted by atomic mass is 16.5. The zero-order chi connectivity index (χ0) is 12.3. The van der Waals surface area contributed by atoms with Gasteiger partial charge in [0.1, 0.15) is 16.9 Å². The van der Waals surface area contributed by atoms with E-state index in [-0.39, 0.29) is 11.2 Å². The van der Waals surface area contributed by atoms with Gasteiger partial charge >= 0.3 is 5.97 Å². The maximum atomic E-state index is 11.1. The molecule has 1 aromatic rings. The largest absolute Gasteiger partial charge is 0.485 e. The quantitative estimate of drug-likeness (QED) is 0.840. The summed E-state index contributed by atoms with van der Waals surface area (Å²) in [6, 6.07) is 6.78. The third kappa shape index (κ3) is 2.77. The predicted octanol–water partition coefficient (Wildman–Crippen LogP) is 1.91. The summed E-state index contributed by atoms with van der Waals surface area (Å²) in [5.41, 5.74) is -0.0941. The lowest BCUT2D eigenvalue weighted by molar-refractivity contribution is 0.0555. The fourth-order valence-corrected chi connectivity index (χ4v) is 2.11. The van der Waals surface area contributed by atoms with Crippen molar-refractivity contribution >= 4 is 5.97 Å². The molecule has 1 fully saturated rings. The summed E-state index contributed by atoms with van der Waals surface area (Å²) in [7, 11) is 0. The minimum atomic E-state index is -0.951. The fraction of sp³-hybridized carbons (Fsp3) is 0.462. The van der Waals surface area contributed by atoms with Gasteiger partial charge in [0.25, 0.3) is 0 Å². The van der Waals surface area contributed by atoms with Gasteiger partial charge in [-0.3, -0.25) is 0 Å². The minimum absolute atomic E-state index is 0.222. The molecule has 1 saturated heterocycles. The molecule has 0 spiro atoms. The standard InChI is InChI=1S/C13H17NO3/c1-13(7-4-8-14-9-13)17-11-6-3-2-5-10(11)12(15)16/h2-3,5-6,14H,4,7-9H2,1H3,(H,15,16). The molecule has 1 aliphatic heterocycles. The fourth-order valence-electron chi connectivity index (χ4n) is 2.11. The van der Waals surface area contributed by atoms with E-state index in [0.717, 1.165) is 25.9 Å². The summed E-state index contributed by atoms with van der Waals surface area (Å²) in [6.07, 6.45) is 1.99. The van der Waals surface area contributed by atoms with Crippen molar-refractivity contribution in [3.8, 4) is 5.75 Å². The van der Waals surface area contributed by atoms with Crippen molar-refractivity contribution in [1.82, 2.24) is 5.32 Å². The number of hydrogen-bond donors (Lipinski definition) is 2. The van der Waals surface area contributed by atoms with E-state index < -0.39 is 5.97 Å². The number of benzene rings is 1. The van der Waals surface area contributed by atoms with Gasteiger partial charge in [-0.2, -0.15) is 0 Å². The summed E-state index contributed by atoms with van der Waals surface area (Å²) >= 11 is 0. The van der Waals surface area contributed by atoms with Gasteiger partial charge in [-0.25, -0.2) is 4.79 Å². The Hall–Kier alpha value is -1.55. The number of carbonyl (C=O) groups is 1. The first kappa shape index (κ1) is 11.9. The van der Waals surface area contributed by atoms with Crippen molar-refractivity contribution < 1.29 is 14.6 Å². The van der Waals surface area contributed by atoms with E-state index in [0.29, 0.717) is 5.75 Å². The molecule has 4 heteroatoms. The molecule has 1 aromatic carbocycles. The van der Waals surface area contributed by atoms with E-state index in [1.165, 1.54) is 0 Å². The lowest BCUT2D eigenvalue weighted by Gasteiger charge is -2.35. The molecule has 0 aromatic heterocycles. The Labute approximate surface area is 101 Å².